The summed E-state index contributed by atoms with van der Waals surface area (Å²) in [4.78, 5) is 41.6. The predicted molar refractivity (Wildman–Crippen MR) is 156 cm³/mol. The van der Waals surface area contributed by atoms with E-state index in [1.165, 1.54) is 32.4 Å². The number of anilines is 1. The Bertz CT molecular complexity index is 1720. The van der Waals surface area contributed by atoms with Crippen LogP contribution in [0.4, 0.5) is 10.1 Å². The molecule has 2 fully saturated rings. The van der Waals surface area contributed by atoms with E-state index in [9.17, 15) is 19.5 Å². The Morgan fingerprint density at radius 2 is 1.54 bits per heavy atom. The number of nitrogens with zero attached hydrogens (tertiary/aromatic N) is 4. The van der Waals surface area contributed by atoms with Crippen LogP contribution in [0.3, 0.4) is 0 Å². The molecule has 0 saturated heterocycles. The number of carbonyl (C=O) groups is 1. The van der Waals surface area contributed by atoms with Crippen molar-refractivity contribution in [1.82, 2.24) is 9.13 Å². The Hall–Kier alpha value is -4.27. The summed E-state index contributed by atoms with van der Waals surface area (Å²) in [5, 5.41) is 17.2. The van der Waals surface area contributed by atoms with Crippen molar-refractivity contribution in [2.24, 2.45) is 5.10 Å². The first-order valence-electron chi connectivity index (χ1n) is 14.3. The fraction of sp³-hybridized carbons (Fsp3) is 0.375. The number of aromatic hydroxyl groups is 1. The smallest absolute Gasteiger partial charge is 0.334 e. The molecule has 212 valence electrons. The molecule has 3 aliphatic rings. The highest BCUT2D eigenvalue weighted by atomic mass is 19.1. The van der Waals surface area contributed by atoms with Crippen molar-refractivity contribution in [1.29, 1.82) is 0 Å². The second kappa shape index (κ2) is 10.6. The molecule has 8 nitrogen and oxygen atoms in total. The van der Waals surface area contributed by atoms with Gasteiger partial charge in [0.2, 0.25) is 5.88 Å². The quantitative estimate of drug-likeness (QED) is 0.418. The van der Waals surface area contributed by atoms with Crippen LogP contribution < -0.4 is 16.3 Å². The standard InChI is InChI=1S/C32H33FN4O4/c1-19-15-16-27(20(2)17-19)37-31(40)24(28(34-37)23-13-7-8-14-26(23)33)18-25-29(38)35(21-9-3-4-10-21)32(41)36(30(25)39)22-11-5-6-12-22/h7-8,13-18,21-22,38H,3-6,9-12H2,1-2H3/b24-18-. The average molecular weight is 557 g/mol. The molecule has 2 heterocycles. The summed E-state index contributed by atoms with van der Waals surface area (Å²) in [6.07, 6.45) is 7.78. The molecule has 0 spiro atoms. The lowest BCUT2D eigenvalue weighted by atomic mass is 10.00. The third-order valence-electron chi connectivity index (χ3n) is 8.59. The summed E-state index contributed by atoms with van der Waals surface area (Å²) in [7, 11) is 0. The lowest BCUT2D eigenvalue weighted by Gasteiger charge is -2.22. The van der Waals surface area contributed by atoms with Gasteiger partial charge in [0.1, 0.15) is 17.1 Å². The summed E-state index contributed by atoms with van der Waals surface area (Å²) in [6.45, 7) is 3.80. The summed E-state index contributed by atoms with van der Waals surface area (Å²) < 4.78 is 17.7. The van der Waals surface area contributed by atoms with Gasteiger partial charge in [0.25, 0.3) is 11.5 Å². The molecular formula is C32H33FN4O4. The molecule has 1 aliphatic heterocycles. The van der Waals surface area contributed by atoms with Gasteiger partial charge in [0.05, 0.1) is 11.3 Å². The minimum Gasteiger partial charge on any atom is -0.494 e. The van der Waals surface area contributed by atoms with Gasteiger partial charge < -0.3 is 5.11 Å². The van der Waals surface area contributed by atoms with E-state index in [1.807, 2.05) is 26.0 Å². The fourth-order valence-corrected chi connectivity index (χ4v) is 6.50. The normalized spacial score (nSPS) is 19.1. The number of hydrazone groups is 1. The molecule has 2 aliphatic carbocycles. The number of carbonyl (C=O) groups excluding carboxylic acids is 1. The Kier molecular flexibility index (Phi) is 6.97. The van der Waals surface area contributed by atoms with Crippen LogP contribution >= 0.6 is 0 Å². The first-order chi connectivity index (χ1) is 19.8. The minimum atomic E-state index is -0.646. The Morgan fingerprint density at radius 1 is 0.902 bits per heavy atom. The second-order valence-electron chi connectivity index (χ2n) is 11.3. The zero-order chi connectivity index (χ0) is 28.8. The fourth-order valence-electron chi connectivity index (χ4n) is 6.50. The summed E-state index contributed by atoms with van der Waals surface area (Å²) >= 11 is 0. The molecule has 9 heteroatoms. The number of hydrogen-bond donors (Lipinski definition) is 1. The molecule has 1 aromatic heterocycles. The monoisotopic (exact) mass is 556 g/mol. The van der Waals surface area contributed by atoms with E-state index >= 15 is 4.39 Å². The molecule has 1 N–H and O–H groups in total. The first kappa shape index (κ1) is 26.9. The number of hydrogen-bond acceptors (Lipinski definition) is 5. The molecule has 3 aromatic rings. The van der Waals surface area contributed by atoms with Crippen LogP contribution in [-0.2, 0) is 4.79 Å². The molecule has 0 unspecified atom stereocenters. The maximum Gasteiger partial charge on any atom is 0.334 e. The molecule has 2 aromatic carbocycles. The van der Waals surface area contributed by atoms with Crippen molar-refractivity contribution in [3.63, 3.8) is 0 Å². The van der Waals surface area contributed by atoms with Gasteiger partial charge in [-0.15, -0.1) is 0 Å². The Morgan fingerprint density at radius 3 is 2.17 bits per heavy atom. The molecular weight excluding hydrogens is 523 g/mol. The van der Waals surface area contributed by atoms with Crippen LogP contribution in [0.15, 0.2) is 62.7 Å². The molecule has 2 saturated carbocycles. The molecule has 1 amide bonds. The Labute approximate surface area is 237 Å². The molecule has 0 radical (unpaired) electrons. The highest BCUT2D eigenvalue weighted by Crippen LogP contribution is 2.35. The molecule has 0 atom stereocenters. The van der Waals surface area contributed by atoms with Crippen molar-refractivity contribution in [2.45, 2.75) is 77.3 Å². The highest BCUT2D eigenvalue weighted by Gasteiger charge is 2.36. The van der Waals surface area contributed by atoms with Crippen LogP contribution in [0, 0.1) is 19.7 Å². The van der Waals surface area contributed by atoms with Gasteiger partial charge in [-0.2, -0.15) is 10.1 Å². The summed E-state index contributed by atoms with van der Waals surface area (Å²) in [5.41, 5.74) is 1.16. The van der Waals surface area contributed by atoms with Gasteiger partial charge in [-0.3, -0.25) is 18.7 Å². The third kappa shape index (κ3) is 4.63. The van der Waals surface area contributed by atoms with Crippen LogP contribution in [0.2, 0.25) is 0 Å². The van der Waals surface area contributed by atoms with E-state index in [1.54, 1.807) is 18.2 Å². The largest absolute Gasteiger partial charge is 0.494 e. The van der Waals surface area contributed by atoms with Crippen molar-refractivity contribution in [2.75, 3.05) is 5.01 Å². The highest BCUT2D eigenvalue weighted by molar-refractivity contribution is 6.37. The van der Waals surface area contributed by atoms with Crippen molar-refractivity contribution >= 4 is 23.4 Å². The molecule has 6 rings (SSSR count). The number of aryl methyl sites for hydroxylation is 2. The van der Waals surface area contributed by atoms with Gasteiger partial charge in [-0.1, -0.05) is 55.5 Å². The van der Waals surface area contributed by atoms with Crippen LogP contribution in [-0.4, -0.2) is 25.9 Å². The first-order valence-corrected chi connectivity index (χ1v) is 14.3. The SMILES string of the molecule is Cc1ccc(N2N=C(c3ccccc3F)/C(=C/c3c(O)n(C4CCCC4)c(=O)n(C4CCCC4)c3=O)C2=O)c(C)c1. The predicted octanol–water partition coefficient (Wildman–Crippen LogP) is 5.54. The number of halogens is 1. The van der Waals surface area contributed by atoms with Crippen LogP contribution in [0.25, 0.3) is 6.08 Å². The Balaban J connectivity index is 1.58. The summed E-state index contributed by atoms with van der Waals surface area (Å²) in [5.74, 6) is -1.59. The number of aromatic nitrogens is 2. The molecule has 0 bridgehead atoms. The van der Waals surface area contributed by atoms with E-state index in [2.05, 4.69) is 5.10 Å². The lowest BCUT2D eigenvalue weighted by Crippen LogP contribution is -2.43. The van der Waals surface area contributed by atoms with E-state index in [0.29, 0.717) is 31.4 Å². The van der Waals surface area contributed by atoms with Crippen LogP contribution in [0.5, 0.6) is 5.88 Å². The molecule has 41 heavy (non-hydrogen) atoms. The number of amides is 1. The average Bonchev–Trinajstić information content (AvgIpc) is 3.71. The van der Waals surface area contributed by atoms with Gasteiger partial charge in [-0.05, 0) is 69.4 Å². The maximum atomic E-state index is 15.1. The van der Waals surface area contributed by atoms with E-state index in [0.717, 1.165) is 36.8 Å². The summed E-state index contributed by atoms with van der Waals surface area (Å²) in [6, 6.07) is 11.1. The van der Waals surface area contributed by atoms with E-state index < -0.39 is 28.9 Å². The zero-order valence-corrected chi connectivity index (χ0v) is 23.3. The number of rotatable bonds is 5. The number of benzene rings is 2. The van der Waals surface area contributed by atoms with Gasteiger partial charge in [0, 0.05) is 17.6 Å². The minimum absolute atomic E-state index is 0.0305. The topological polar surface area (TPSA) is 96.9 Å². The third-order valence-corrected chi connectivity index (χ3v) is 8.59. The van der Waals surface area contributed by atoms with Crippen molar-refractivity contribution in [3.05, 3.63) is 96.9 Å². The van der Waals surface area contributed by atoms with Gasteiger partial charge in [0.15, 0.2) is 0 Å². The van der Waals surface area contributed by atoms with E-state index in [4.69, 9.17) is 0 Å². The lowest BCUT2D eigenvalue weighted by molar-refractivity contribution is -0.114. The van der Waals surface area contributed by atoms with Gasteiger partial charge >= 0.3 is 5.69 Å². The van der Waals surface area contributed by atoms with Crippen molar-refractivity contribution in [3.8, 4) is 5.88 Å². The maximum absolute atomic E-state index is 15.1. The zero-order valence-electron chi connectivity index (χ0n) is 23.3. The van der Waals surface area contributed by atoms with E-state index in [-0.39, 0.29) is 34.5 Å². The van der Waals surface area contributed by atoms with Crippen LogP contribution in [0.1, 0.15) is 85.7 Å². The second-order valence-corrected chi connectivity index (χ2v) is 11.3. The van der Waals surface area contributed by atoms with Crippen molar-refractivity contribution < 1.29 is 14.3 Å². The van der Waals surface area contributed by atoms with Gasteiger partial charge in [-0.25, -0.2) is 9.18 Å².